The highest BCUT2D eigenvalue weighted by atomic mass is 32.2. The quantitative estimate of drug-likeness (QED) is 0.576. The molecular formula is C16H15FN2O5S. The molecular weight excluding hydrogens is 351 g/mol. The van der Waals surface area contributed by atoms with Gasteiger partial charge < -0.3 is 10.1 Å². The third-order valence-corrected chi connectivity index (χ3v) is 3.98. The van der Waals surface area contributed by atoms with Gasteiger partial charge in [0.15, 0.2) is 6.61 Å². The highest BCUT2D eigenvalue weighted by Crippen LogP contribution is 2.17. The van der Waals surface area contributed by atoms with Crippen LogP contribution in [0.1, 0.15) is 5.56 Å². The molecule has 1 aromatic carbocycles. The summed E-state index contributed by atoms with van der Waals surface area (Å²) in [5.74, 6) is -1.82. The zero-order valence-corrected chi connectivity index (χ0v) is 13.9. The maximum atomic E-state index is 12.7. The summed E-state index contributed by atoms with van der Waals surface area (Å²) in [5.41, 5.74) is 0.612. The molecule has 0 bridgehead atoms. The van der Waals surface area contributed by atoms with E-state index in [1.54, 1.807) is 0 Å². The third kappa shape index (κ3) is 6.03. The molecule has 0 aromatic heterocycles. The van der Waals surface area contributed by atoms with Crippen LogP contribution in [0, 0.1) is 5.82 Å². The molecule has 0 aliphatic carbocycles. The Kier molecular flexibility index (Phi) is 6.70. The molecule has 9 heteroatoms. The molecule has 3 amide bonds. The Hall–Kier alpha value is -2.68. The van der Waals surface area contributed by atoms with Crippen LogP contribution in [0.5, 0.6) is 0 Å². The Labute approximate surface area is 147 Å². The molecule has 0 spiro atoms. The van der Waals surface area contributed by atoms with E-state index in [-0.39, 0.29) is 35.8 Å². The molecule has 25 heavy (non-hydrogen) atoms. The Morgan fingerprint density at radius 1 is 1.28 bits per heavy atom. The molecule has 0 saturated carbocycles. The second-order valence-corrected chi connectivity index (χ2v) is 5.87. The minimum atomic E-state index is -0.722. The van der Waals surface area contributed by atoms with Gasteiger partial charge in [-0.2, -0.15) is 0 Å². The number of hydrogen-bond donors (Lipinski definition) is 1. The average Bonchev–Trinajstić information content (AvgIpc) is 2.91. The van der Waals surface area contributed by atoms with Gasteiger partial charge in [-0.15, -0.1) is 0 Å². The Bertz CT molecular complexity index is 689. The number of halogens is 1. The molecule has 0 atom stereocenters. The molecule has 1 fully saturated rings. The number of hydrogen-bond acceptors (Lipinski definition) is 6. The Balaban J connectivity index is 1.65. The molecule has 7 nitrogen and oxygen atoms in total. The van der Waals surface area contributed by atoms with Crippen molar-refractivity contribution in [3.8, 4) is 0 Å². The fraction of sp³-hybridized carbons (Fsp3) is 0.250. The summed E-state index contributed by atoms with van der Waals surface area (Å²) in [5, 5.41) is 2.11. The molecule has 1 heterocycles. The second-order valence-electron chi connectivity index (χ2n) is 4.94. The van der Waals surface area contributed by atoms with Crippen LogP contribution in [0.15, 0.2) is 30.3 Å². The van der Waals surface area contributed by atoms with Crippen molar-refractivity contribution in [2.75, 3.05) is 25.4 Å². The van der Waals surface area contributed by atoms with Crippen LogP contribution < -0.4 is 5.32 Å². The first-order chi connectivity index (χ1) is 12.0. The summed E-state index contributed by atoms with van der Waals surface area (Å²) in [6.45, 7) is -0.322. The normalized spacial score (nSPS) is 14.2. The Morgan fingerprint density at radius 3 is 2.64 bits per heavy atom. The van der Waals surface area contributed by atoms with Crippen LogP contribution in [-0.4, -0.2) is 53.4 Å². The van der Waals surface area contributed by atoms with Crippen molar-refractivity contribution in [2.24, 2.45) is 0 Å². The van der Waals surface area contributed by atoms with Gasteiger partial charge in [-0.3, -0.25) is 19.3 Å². The maximum absolute atomic E-state index is 12.7. The van der Waals surface area contributed by atoms with Crippen LogP contribution in [0.4, 0.5) is 9.18 Å². The molecule has 1 saturated heterocycles. The van der Waals surface area contributed by atoms with Crippen molar-refractivity contribution < 1.29 is 28.3 Å². The average molecular weight is 366 g/mol. The van der Waals surface area contributed by atoms with E-state index in [4.69, 9.17) is 4.74 Å². The van der Waals surface area contributed by atoms with Crippen molar-refractivity contribution in [2.45, 2.75) is 0 Å². The van der Waals surface area contributed by atoms with E-state index >= 15 is 0 Å². The molecule has 1 aromatic rings. The van der Waals surface area contributed by atoms with Gasteiger partial charge in [0.25, 0.3) is 11.1 Å². The molecule has 1 aliphatic rings. The SMILES string of the molecule is O=C(COC(=O)/C=C/c1ccc(F)cc1)NCCN1C(=O)CSC1=O. The summed E-state index contributed by atoms with van der Waals surface area (Å²) in [6, 6.07) is 5.50. The van der Waals surface area contributed by atoms with Gasteiger partial charge in [0.05, 0.1) is 5.75 Å². The monoisotopic (exact) mass is 366 g/mol. The Morgan fingerprint density at radius 2 is 2.00 bits per heavy atom. The van der Waals surface area contributed by atoms with E-state index in [1.807, 2.05) is 0 Å². The number of nitrogens with one attached hydrogen (secondary N) is 1. The van der Waals surface area contributed by atoms with E-state index in [1.165, 1.54) is 30.3 Å². The molecule has 0 radical (unpaired) electrons. The second kappa shape index (κ2) is 8.97. The van der Waals surface area contributed by atoms with E-state index in [2.05, 4.69) is 5.32 Å². The summed E-state index contributed by atoms with van der Waals surface area (Å²) < 4.78 is 17.5. The number of benzene rings is 1. The highest BCUT2D eigenvalue weighted by Gasteiger charge is 2.29. The van der Waals surface area contributed by atoms with Crippen molar-refractivity contribution in [3.63, 3.8) is 0 Å². The van der Waals surface area contributed by atoms with Crippen LogP contribution in [0.25, 0.3) is 6.08 Å². The third-order valence-electron chi connectivity index (χ3n) is 3.13. The minimum absolute atomic E-state index is 0.0782. The maximum Gasteiger partial charge on any atom is 0.331 e. The predicted octanol–water partition coefficient (Wildman–Crippen LogP) is 1.19. The van der Waals surface area contributed by atoms with Crippen molar-refractivity contribution in [1.82, 2.24) is 10.2 Å². The van der Waals surface area contributed by atoms with Crippen LogP contribution >= 0.6 is 11.8 Å². The minimum Gasteiger partial charge on any atom is -0.452 e. The first kappa shape index (κ1) is 18.7. The number of carbonyl (C=O) groups excluding carboxylic acids is 4. The van der Waals surface area contributed by atoms with Gasteiger partial charge in [0.1, 0.15) is 5.82 Å². The van der Waals surface area contributed by atoms with Crippen molar-refractivity contribution >= 4 is 40.9 Å². The molecule has 2 rings (SSSR count). The zero-order chi connectivity index (χ0) is 18.2. The number of carbonyl (C=O) groups is 4. The van der Waals surface area contributed by atoms with Crippen molar-refractivity contribution in [3.05, 3.63) is 41.7 Å². The summed E-state index contributed by atoms with van der Waals surface area (Å²) in [7, 11) is 0. The first-order valence-corrected chi connectivity index (χ1v) is 8.28. The summed E-state index contributed by atoms with van der Waals surface area (Å²) in [6.07, 6.45) is 2.56. The fourth-order valence-electron chi connectivity index (χ4n) is 1.88. The number of nitrogens with zero attached hydrogens (tertiary/aromatic N) is 1. The van der Waals surface area contributed by atoms with E-state index in [0.717, 1.165) is 22.7 Å². The van der Waals surface area contributed by atoms with Crippen molar-refractivity contribution in [1.29, 1.82) is 0 Å². The number of amides is 3. The fourth-order valence-corrected chi connectivity index (χ4v) is 2.63. The topological polar surface area (TPSA) is 92.8 Å². The summed E-state index contributed by atoms with van der Waals surface area (Å²) in [4.78, 5) is 46.8. The van der Waals surface area contributed by atoms with Crippen LogP contribution in [-0.2, 0) is 19.1 Å². The summed E-state index contributed by atoms with van der Waals surface area (Å²) >= 11 is 0.918. The van der Waals surface area contributed by atoms with Crippen LogP contribution in [0.3, 0.4) is 0 Å². The number of ether oxygens (including phenoxy) is 1. The highest BCUT2D eigenvalue weighted by molar-refractivity contribution is 8.14. The smallest absolute Gasteiger partial charge is 0.331 e. The van der Waals surface area contributed by atoms with Gasteiger partial charge in [0.2, 0.25) is 5.91 Å². The number of thioether (sulfide) groups is 1. The number of esters is 1. The van der Waals surface area contributed by atoms with Gasteiger partial charge in [0, 0.05) is 19.2 Å². The van der Waals surface area contributed by atoms with E-state index in [9.17, 15) is 23.6 Å². The van der Waals surface area contributed by atoms with Gasteiger partial charge >= 0.3 is 5.97 Å². The lowest BCUT2D eigenvalue weighted by Crippen LogP contribution is -2.38. The van der Waals surface area contributed by atoms with E-state index in [0.29, 0.717) is 5.56 Å². The predicted molar refractivity (Wildman–Crippen MR) is 89.0 cm³/mol. The molecule has 0 unspecified atom stereocenters. The van der Waals surface area contributed by atoms with Gasteiger partial charge in [-0.1, -0.05) is 23.9 Å². The largest absolute Gasteiger partial charge is 0.452 e. The van der Waals surface area contributed by atoms with Gasteiger partial charge in [-0.05, 0) is 23.8 Å². The zero-order valence-electron chi connectivity index (χ0n) is 13.1. The van der Waals surface area contributed by atoms with Crippen LogP contribution in [0.2, 0.25) is 0 Å². The standard InChI is InChI=1S/C16H15FN2O5S/c17-12-4-1-11(2-5-12)3-6-15(22)24-9-13(20)18-7-8-19-14(21)10-25-16(19)23/h1-6H,7-10H2,(H,18,20)/b6-3+. The first-order valence-electron chi connectivity index (χ1n) is 7.30. The lowest BCUT2D eigenvalue weighted by molar-refractivity contribution is -0.143. The molecule has 132 valence electrons. The van der Waals surface area contributed by atoms with E-state index < -0.39 is 18.5 Å². The molecule has 1 N–H and O–H groups in total. The lowest BCUT2D eigenvalue weighted by Gasteiger charge is -2.12. The number of rotatable bonds is 7. The van der Waals surface area contributed by atoms with Gasteiger partial charge in [-0.25, -0.2) is 9.18 Å². The molecule has 1 aliphatic heterocycles. The number of imide groups is 1. The lowest BCUT2D eigenvalue weighted by atomic mass is 10.2.